The SMILES string of the molecule is CN1CCN(C2=NC3=C(c4ccccc4Cl)C(=O)c4ccccc4C3=N2)CC1. The van der Waals surface area contributed by atoms with Crippen LogP contribution in [0.5, 0.6) is 0 Å². The van der Waals surface area contributed by atoms with E-state index in [1.165, 1.54) is 0 Å². The quantitative estimate of drug-likeness (QED) is 0.750. The summed E-state index contributed by atoms with van der Waals surface area (Å²) in [5.41, 5.74) is 4.12. The van der Waals surface area contributed by atoms with E-state index in [0.717, 1.165) is 37.5 Å². The number of nitrogens with zero attached hydrogens (tertiary/aromatic N) is 4. The zero-order valence-electron chi connectivity index (χ0n) is 15.5. The van der Waals surface area contributed by atoms with Crippen LogP contribution in [0.25, 0.3) is 5.57 Å². The van der Waals surface area contributed by atoms with Crippen LogP contribution in [0.3, 0.4) is 0 Å². The summed E-state index contributed by atoms with van der Waals surface area (Å²) in [4.78, 5) is 27.5. The molecule has 1 fully saturated rings. The lowest BCUT2D eigenvalue weighted by molar-refractivity contribution is 0.105. The molecule has 28 heavy (non-hydrogen) atoms. The first-order valence-corrected chi connectivity index (χ1v) is 9.76. The maximum Gasteiger partial charge on any atom is 0.226 e. The van der Waals surface area contributed by atoms with Crippen LogP contribution in [0.1, 0.15) is 21.5 Å². The van der Waals surface area contributed by atoms with Gasteiger partial charge in [-0.05, 0) is 13.1 Å². The van der Waals surface area contributed by atoms with E-state index < -0.39 is 0 Å². The average Bonchev–Trinajstić information content (AvgIpc) is 3.15. The molecule has 0 N–H and O–H groups in total. The third-order valence-corrected chi connectivity index (χ3v) is 5.80. The standard InChI is InChI=1S/C22H19ClN4O/c1-26-10-12-27(13-11-26)22-24-19-14-6-2-3-7-15(14)21(28)18(20(19)25-22)16-8-4-5-9-17(16)23/h2-9H,10-13H2,1H3. The zero-order valence-corrected chi connectivity index (χ0v) is 16.3. The second-order valence-corrected chi connectivity index (χ2v) is 7.65. The molecule has 0 amide bonds. The van der Waals surface area contributed by atoms with Crippen LogP contribution in [0.2, 0.25) is 5.02 Å². The smallest absolute Gasteiger partial charge is 0.226 e. The molecule has 0 aromatic heterocycles. The number of ketones is 1. The third-order valence-electron chi connectivity index (χ3n) is 5.47. The van der Waals surface area contributed by atoms with Crippen LogP contribution in [0.15, 0.2) is 64.2 Å². The van der Waals surface area contributed by atoms with Crippen LogP contribution in [-0.4, -0.2) is 60.5 Å². The van der Waals surface area contributed by atoms with Gasteiger partial charge in [-0.3, -0.25) is 4.79 Å². The van der Waals surface area contributed by atoms with Gasteiger partial charge in [-0.2, -0.15) is 0 Å². The van der Waals surface area contributed by atoms with Crippen molar-refractivity contribution in [3.63, 3.8) is 0 Å². The highest BCUT2D eigenvalue weighted by molar-refractivity contribution is 6.45. The van der Waals surface area contributed by atoms with Crippen molar-refractivity contribution in [3.05, 3.63) is 75.9 Å². The number of allylic oxidation sites excluding steroid dienone is 2. The van der Waals surface area contributed by atoms with E-state index >= 15 is 0 Å². The molecule has 2 aromatic carbocycles. The lowest BCUT2D eigenvalue weighted by Crippen LogP contribution is -2.46. The predicted octanol–water partition coefficient (Wildman–Crippen LogP) is 3.35. The van der Waals surface area contributed by atoms with Crippen LogP contribution < -0.4 is 0 Å². The number of halogens is 1. The second-order valence-electron chi connectivity index (χ2n) is 7.24. The van der Waals surface area contributed by atoms with Crippen molar-refractivity contribution in [1.29, 1.82) is 0 Å². The summed E-state index contributed by atoms with van der Waals surface area (Å²) < 4.78 is 0. The minimum atomic E-state index is -0.0546. The predicted molar refractivity (Wildman–Crippen MR) is 112 cm³/mol. The Morgan fingerprint density at radius 1 is 0.857 bits per heavy atom. The molecule has 3 aliphatic rings. The lowest BCUT2D eigenvalue weighted by atomic mass is 9.84. The first-order valence-electron chi connectivity index (χ1n) is 9.38. The van der Waals surface area contributed by atoms with Gasteiger partial charge in [0.25, 0.3) is 0 Å². The van der Waals surface area contributed by atoms with Crippen molar-refractivity contribution in [2.75, 3.05) is 33.2 Å². The Morgan fingerprint density at radius 2 is 1.50 bits per heavy atom. The Balaban J connectivity index is 1.69. The lowest BCUT2D eigenvalue weighted by Gasteiger charge is -2.32. The minimum Gasteiger partial charge on any atom is -0.338 e. The first-order chi connectivity index (χ1) is 13.6. The summed E-state index contributed by atoms with van der Waals surface area (Å²) in [5.74, 6) is 0.633. The Labute approximate surface area is 168 Å². The van der Waals surface area contributed by atoms with Crippen molar-refractivity contribution in [1.82, 2.24) is 9.80 Å². The Morgan fingerprint density at radius 3 is 2.21 bits per heavy atom. The molecule has 0 spiro atoms. The highest BCUT2D eigenvalue weighted by atomic mass is 35.5. The van der Waals surface area contributed by atoms with E-state index in [2.05, 4.69) is 16.8 Å². The molecule has 1 aliphatic carbocycles. The summed E-state index contributed by atoms with van der Waals surface area (Å²) >= 11 is 6.45. The fourth-order valence-corrected chi connectivity index (χ4v) is 4.11. The van der Waals surface area contributed by atoms with Gasteiger partial charge in [-0.15, -0.1) is 0 Å². The van der Waals surface area contributed by atoms with E-state index in [4.69, 9.17) is 21.6 Å². The van der Waals surface area contributed by atoms with E-state index in [-0.39, 0.29) is 5.78 Å². The van der Waals surface area contributed by atoms with Crippen LogP contribution in [-0.2, 0) is 0 Å². The molecule has 0 bridgehead atoms. The van der Waals surface area contributed by atoms with Crippen molar-refractivity contribution in [3.8, 4) is 0 Å². The molecular formula is C22H19ClN4O. The van der Waals surface area contributed by atoms with Gasteiger partial charge < -0.3 is 9.80 Å². The summed E-state index contributed by atoms with van der Waals surface area (Å²) in [6.45, 7) is 3.68. The molecule has 2 aliphatic heterocycles. The molecule has 6 heteroatoms. The largest absolute Gasteiger partial charge is 0.338 e. The molecule has 140 valence electrons. The number of fused-ring (bicyclic) bond motifs is 3. The number of benzene rings is 2. The number of piperazine rings is 1. The topological polar surface area (TPSA) is 48.3 Å². The van der Waals surface area contributed by atoms with Crippen molar-refractivity contribution >= 4 is 34.6 Å². The number of hydrogen-bond acceptors (Lipinski definition) is 5. The van der Waals surface area contributed by atoms with Gasteiger partial charge in [0.1, 0.15) is 11.4 Å². The van der Waals surface area contributed by atoms with Gasteiger partial charge in [0.15, 0.2) is 5.78 Å². The number of likely N-dealkylation sites (N-methyl/N-ethyl adjacent to an activating group) is 1. The summed E-state index contributed by atoms with van der Waals surface area (Å²) in [7, 11) is 2.12. The second kappa shape index (κ2) is 6.69. The van der Waals surface area contributed by atoms with Gasteiger partial charge >= 0.3 is 0 Å². The first kappa shape index (κ1) is 17.3. The number of carbonyl (C=O) groups is 1. The average molecular weight is 391 g/mol. The number of Topliss-reactive ketones (excluding diaryl/α,β-unsaturated/α-hetero) is 1. The van der Waals surface area contributed by atoms with E-state index in [0.29, 0.717) is 33.4 Å². The number of carbonyl (C=O) groups excluding carboxylic acids is 1. The van der Waals surface area contributed by atoms with E-state index in [9.17, 15) is 4.79 Å². The number of rotatable bonds is 1. The third kappa shape index (κ3) is 2.70. The maximum absolute atomic E-state index is 13.4. The van der Waals surface area contributed by atoms with Crippen molar-refractivity contribution in [2.24, 2.45) is 9.98 Å². The number of guanidine groups is 1. The molecule has 2 heterocycles. The molecule has 0 atom stereocenters. The summed E-state index contributed by atoms with van der Waals surface area (Å²) in [6.07, 6.45) is 0. The van der Waals surface area contributed by atoms with Crippen molar-refractivity contribution < 1.29 is 4.79 Å². The van der Waals surface area contributed by atoms with Crippen LogP contribution in [0.4, 0.5) is 0 Å². The van der Waals surface area contributed by atoms with Crippen molar-refractivity contribution in [2.45, 2.75) is 0 Å². The van der Waals surface area contributed by atoms with E-state index in [1.807, 2.05) is 42.5 Å². The number of hydrogen-bond donors (Lipinski definition) is 0. The van der Waals surface area contributed by atoms with Gasteiger partial charge in [-0.25, -0.2) is 9.98 Å². The molecule has 0 unspecified atom stereocenters. The Kier molecular flexibility index (Phi) is 4.14. The molecule has 5 nitrogen and oxygen atoms in total. The van der Waals surface area contributed by atoms with Gasteiger partial charge in [-0.1, -0.05) is 54.1 Å². The van der Waals surface area contributed by atoms with Crippen LogP contribution in [0, 0.1) is 0 Å². The normalized spacial score (nSPS) is 19.4. The highest BCUT2D eigenvalue weighted by Gasteiger charge is 2.36. The number of aliphatic imine (C=N–C) groups is 2. The summed E-state index contributed by atoms with van der Waals surface area (Å²) in [6, 6.07) is 15.0. The van der Waals surface area contributed by atoms with Gasteiger partial charge in [0.05, 0.1) is 5.57 Å². The summed E-state index contributed by atoms with van der Waals surface area (Å²) in [5, 5.41) is 0.542. The molecule has 1 saturated heterocycles. The van der Waals surface area contributed by atoms with E-state index in [1.54, 1.807) is 6.07 Å². The molecule has 5 rings (SSSR count). The molecule has 0 saturated carbocycles. The molecular weight excluding hydrogens is 372 g/mol. The fourth-order valence-electron chi connectivity index (χ4n) is 3.88. The van der Waals surface area contributed by atoms with Gasteiger partial charge in [0, 0.05) is 47.9 Å². The monoisotopic (exact) mass is 390 g/mol. The van der Waals surface area contributed by atoms with Gasteiger partial charge in [0.2, 0.25) is 5.96 Å². The Hall–Kier alpha value is -2.76. The maximum atomic E-state index is 13.4. The molecule has 2 aromatic rings. The minimum absolute atomic E-state index is 0.0546. The molecule has 0 radical (unpaired) electrons. The zero-order chi connectivity index (χ0) is 19.3. The van der Waals surface area contributed by atoms with Crippen LogP contribution >= 0.6 is 11.6 Å². The Bertz CT molecular complexity index is 1080. The fraction of sp³-hybridized carbons (Fsp3) is 0.227. The highest BCUT2D eigenvalue weighted by Crippen LogP contribution is 2.38.